The number of benzene rings is 1. The molecule has 6 heteroatoms. The molecule has 1 fully saturated rings. The maximum atomic E-state index is 10.7. The maximum Gasteiger partial charge on any atom is 0.296 e. The van der Waals surface area contributed by atoms with E-state index in [1.54, 1.807) is 6.07 Å². The Balaban J connectivity index is 1.91. The van der Waals surface area contributed by atoms with Crippen molar-refractivity contribution >= 4 is 22.8 Å². The Morgan fingerprint density at radius 2 is 2.32 bits per heavy atom. The second-order valence-corrected chi connectivity index (χ2v) is 5.04. The Labute approximate surface area is 110 Å². The Kier molecular flexibility index (Phi) is 2.66. The molecule has 100 valence electrons. The van der Waals surface area contributed by atoms with E-state index in [1.165, 1.54) is 18.6 Å². The molecule has 1 aliphatic rings. The first-order valence-corrected chi connectivity index (χ1v) is 6.45. The van der Waals surface area contributed by atoms with Crippen molar-refractivity contribution in [3.8, 4) is 0 Å². The summed E-state index contributed by atoms with van der Waals surface area (Å²) in [5, 5.41) is 14.0. The first-order valence-electron chi connectivity index (χ1n) is 6.45. The average Bonchev–Trinajstić information content (AvgIpc) is 2.74. The second-order valence-electron chi connectivity index (χ2n) is 5.04. The van der Waals surface area contributed by atoms with Crippen LogP contribution in [0.1, 0.15) is 32.6 Å². The Morgan fingerprint density at radius 1 is 1.53 bits per heavy atom. The molecule has 0 atom stereocenters. The summed E-state index contributed by atoms with van der Waals surface area (Å²) in [6.45, 7) is 2.14. The number of aromatic nitrogens is 1. The Bertz CT molecular complexity index is 626. The lowest BCUT2D eigenvalue weighted by atomic mass is 9.75. The third kappa shape index (κ3) is 2.03. The minimum absolute atomic E-state index is 0.0289. The van der Waals surface area contributed by atoms with Crippen molar-refractivity contribution in [3.05, 3.63) is 28.3 Å². The summed E-state index contributed by atoms with van der Waals surface area (Å²) in [4.78, 5) is 14.6. The third-order valence-electron chi connectivity index (χ3n) is 3.94. The molecule has 2 aromatic rings. The van der Waals surface area contributed by atoms with Gasteiger partial charge in [-0.25, -0.2) is 0 Å². The van der Waals surface area contributed by atoms with Crippen LogP contribution in [-0.4, -0.2) is 15.4 Å². The largest absolute Gasteiger partial charge is 0.424 e. The highest BCUT2D eigenvalue weighted by Crippen LogP contribution is 2.38. The normalized spacial score (nSPS) is 17.1. The highest BCUT2D eigenvalue weighted by Gasteiger charge is 2.36. The van der Waals surface area contributed by atoms with Crippen LogP contribution in [0, 0.1) is 10.1 Å². The molecule has 3 rings (SSSR count). The number of hydrogen-bond acceptors (Lipinski definition) is 5. The molecule has 1 aromatic heterocycles. The van der Waals surface area contributed by atoms with Crippen molar-refractivity contribution in [2.24, 2.45) is 0 Å². The van der Waals surface area contributed by atoms with Crippen molar-refractivity contribution in [2.45, 2.75) is 38.1 Å². The average molecular weight is 261 g/mol. The van der Waals surface area contributed by atoms with Crippen LogP contribution in [0.5, 0.6) is 0 Å². The van der Waals surface area contributed by atoms with Crippen LogP contribution < -0.4 is 5.32 Å². The number of fused-ring (bicyclic) bond motifs is 1. The summed E-state index contributed by atoms with van der Waals surface area (Å²) < 4.78 is 5.59. The quantitative estimate of drug-likeness (QED) is 0.673. The van der Waals surface area contributed by atoms with Crippen LogP contribution in [0.2, 0.25) is 0 Å². The van der Waals surface area contributed by atoms with Crippen molar-refractivity contribution in [3.63, 3.8) is 0 Å². The van der Waals surface area contributed by atoms with Gasteiger partial charge in [0.05, 0.1) is 4.92 Å². The first kappa shape index (κ1) is 12.0. The van der Waals surface area contributed by atoms with Gasteiger partial charge in [-0.3, -0.25) is 10.1 Å². The van der Waals surface area contributed by atoms with Crippen molar-refractivity contribution in [1.29, 1.82) is 0 Å². The SMILES string of the molecule is CCC1(Nc2nc3cc([N+](=O)[O-])ccc3o2)CCC1. The molecule has 0 amide bonds. The number of nitrogens with zero attached hydrogens (tertiary/aromatic N) is 2. The third-order valence-corrected chi connectivity index (χ3v) is 3.94. The smallest absolute Gasteiger partial charge is 0.296 e. The van der Waals surface area contributed by atoms with Gasteiger partial charge < -0.3 is 9.73 Å². The monoisotopic (exact) mass is 261 g/mol. The van der Waals surface area contributed by atoms with Crippen LogP contribution in [0.15, 0.2) is 22.6 Å². The van der Waals surface area contributed by atoms with Gasteiger partial charge in [-0.2, -0.15) is 4.98 Å². The molecule has 6 nitrogen and oxygen atoms in total. The Morgan fingerprint density at radius 3 is 2.89 bits per heavy atom. The highest BCUT2D eigenvalue weighted by molar-refractivity contribution is 5.77. The van der Waals surface area contributed by atoms with E-state index >= 15 is 0 Å². The molecular weight excluding hydrogens is 246 g/mol. The molecule has 0 aliphatic heterocycles. The number of non-ortho nitro benzene ring substituents is 1. The first-order chi connectivity index (χ1) is 9.12. The molecule has 0 saturated heterocycles. The van der Waals surface area contributed by atoms with E-state index in [-0.39, 0.29) is 11.2 Å². The summed E-state index contributed by atoms with van der Waals surface area (Å²) in [6.07, 6.45) is 4.46. The zero-order chi connectivity index (χ0) is 13.5. The van der Waals surface area contributed by atoms with E-state index in [4.69, 9.17) is 4.42 Å². The van der Waals surface area contributed by atoms with E-state index in [1.807, 2.05) is 0 Å². The van der Waals surface area contributed by atoms with E-state index < -0.39 is 4.92 Å². The molecule has 1 aromatic carbocycles. The molecule has 19 heavy (non-hydrogen) atoms. The van der Waals surface area contributed by atoms with Gasteiger partial charge in [-0.05, 0) is 31.7 Å². The second kappa shape index (κ2) is 4.22. The van der Waals surface area contributed by atoms with Crippen LogP contribution in [0.4, 0.5) is 11.7 Å². The predicted molar refractivity (Wildman–Crippen MR) is 71.2 cm³/mol. The molecule has 1 aliphatic carbocycles. The lowest BCUT2D eigenvalue weighted by Gasteiger charge is -2.41. The van der Waals surface area contributed by atoms with E-state index in [0.717, 1.165) is 19.3 Å². The summed E-state index contributed by atoms with van der Waals surface area (Å²) in [6, 6.07) is 4.90. The number of nitro groups is 1. The van der Waals surface area contributed by atoms with Gasteiger partial charge in [-0.15, -0.1) is 0 Å². The summed E-state index contributed by atoms with van der Waals surface area (Å²) in [5.41, 5.74) is 1.20. The van der Waals surface area contributed by atoms with Crippen LogP contribution in [0.3, 0.4) is 0 Å². The van der Waals surface area contributed by atoms with Gasteiger partial charge in [0.15, 0.2) is 5.58 Å². The number of oxazole rings is 1. The molecule has 1 N–H and O–H groups in total. The molecule has 0 spiro atoms. The van der Waals surface area contributed by atoms with Gasteiger partial charge in [0, 0.05) is 17.7 Å². The highest BCUT2D eigenvalue weighted by atomic mass is 16.6. The maximum absolute atomic E-state index is 10.7. The van der Waals surface area contributed by atoms with Crippen molar-refractivity contribution < 1.29 is 9.34 Å². The zero-order valence-electron chi connectivity index (χ0n) is 10.7. The van der Waals surface area contributed by atoms with Crippen molar-refractivity contribution in [1.82, 2.24) is 4.98 Å². The fourth-order valence-electron chi connectivity index (χ4n) is 2.48. The van der Waals surface area contributed by atoms with Gasteiger partial charge >= 0.3 is 0 Å². The zero-order valence-corrected chi connectivity index (χ0v) is 10.7. The summed E-state index contributed by atoms with van der Waals surface area (Å²) >= 11 is 0. The number of nitro benzene ring substituents is 1. The minimum atomic E-state index is -0.430. The standard InChI is InChI=1S/C13H15N3O3/c1-2-13(6-3-7-13)15-12-14-10-8-9(16(17)18)4-5-11(10)19-12/h4-5,8H,2-3,6-7H2,1H3,(H,14,15). The van der Waals surface area contributed by atoms with Gasteiger partial charge in [0.1, 0.15) is 5.52 Å². The minimum Gasteiger partial charge on any atom is -0.424 e. The van der Waals surface area contributed by atoms with Gasteiger partial charge in [0.25, 0.3) is 11.7 Å². The Hall–Kier alpha value is -2.11. The lowest BCUT2D eigenvalue weighted by molar-refractivity contribution is -0.384. The molecular formula is C13H15N3O3. The van der Waals surface area contributed by atoms with E-state index in [9.17, 15) is 10.1 Å². The number of rotatable bonds is 4. The number of nitrogens with one attached hydrogen (secondary N) is 1. The topological polar surface area (TPSA) is 81.2 Å². The molecule has 0 radical (unpaired) electrons. The molecule has 1 saturated carbocycles. The fourth-order valence-corrected chi connectivity index (χ4v) is 2.48. The molecule has 1 heterocycles. The van der Waals surface area contributed by atoms with E-state index in [2.05, 4.69) is 17.2 Å². The fraction of sp³-hybridized carbons (Fsp3) is 0.462. The van der Waals surface area contributed by atoms with Crippen LogP contribution in [0.25, 0.3) is 11.1 Å². The van der Waals surface area contributed by atoms with Crippen molar-refractivity contribution in [2.75, 3.05) is 5.32 Å². The number of hydrogen-bond donors (Lipinski definition) is 1. The van der Waals surface area contributed by atoms with Gasteiger partial charge in [0.2, 0.25) is 0 Å². The number of anilines is 1. The van der Waals surface area contributed by atoms with E-state index in [0.29, 0.717) is 17.1 Å². The van der Waals surface area contributed by atoms with Crippen LogP contribution >= 0.6 is 0 Å². The lowest BCUT2D eigenvalue weighted by Crippen LogP contribution is -2.44. The summed E-state index contributed by atoms with van der Waals surface area (Å²) in [7, 11) is 0. The molecule has 0 unspecified atom stereocenters. The van der Waals surface area contributed by atoms with Gasteiger partial charge in [-0.1, -0.05) is 6.92 Å². The predicted octanol–water partition coefficient (Wildman–Crippen LogP) is 3.48. The van der Waals surface area contributed by atoms with Crippen LogP contribution in [-0.2, 0) is 0 Å². The molecule has 0 bridgehead atoms. The summed E-state index contributed by atoms with van der Waals surface area (Å²) in [5.74, 6) is 0.